The van der Waals surface area contributed by atoms with E-state index in [2.05, 4.69) is 10.1 Å². The molecule has 0 spiro atoms. The van der Waals surface area contributed by atoms with Crippen LogP contribution < -0.4 is 0 Å². The summed E-state index contributed by atoms with van der Waals surface area (Å²) in [5.74, 6) is 1.36. The van der Waals surface area contributed by atoms with Crippen LogP contribution in [-0.4, -0.2) is 10.1 Å². The van der Waals surface area contributed by atoms with Crippen molar-refractivity contribution in [1.29, 1.82) is 0 Å². The molecule has 3 rings (SSSR count). The van der Waals surface area contributed by atoms with Gasteiger partial charge in [0.2, 0.25) is 5.89 Å². The number of nitrogens with zero attached hydrogens (tertiary/aromatic N) is 2. The lowest BCUT2D eigenvalue weighted by molar-refractivity contribution is 0.271. The number of aromatic nitrogens is 2. The van der Waals surface area contributed by atoms with E-state index in [1.54, 1.807) is 0 Å². The molecule has 0 bridgehead atoms. The third-order valence-corrected chi connectivity index (χ3v) is 4.66. The zero-order valence-electron chi connectivity index (χ0n) is 10.00. The lowest BCUT2D eigenvalue weighted by atomic mass is 9.64. The molecule has 1 aliphatic carbocycles. The predicted molar refractivity (Wildman–Crippen MR) is 74.9 cm³/mol. The molecule has 0 N–H and O–H groups in total. The maximum Gasteiger partial charge on any atom is 0.241 e. The van der Waals surface area contributed by atoms with Gasteiger partial charge in [-0.1, -0.05) is 40.8 Å². The highest BCUT2D eigenvalue weighted by molar-refractivity contribution is 6.42. The van der Waals surface area contributed by atoms with Gasteiger partial charge in [0.05, 0.1) is 15.5 Å². The van der Waals surface area contributed by atoms with E-state index < -0.39 is 0 Å². The summed E-state index contributed by atoms with van der Waals surface area (Å²) in [4.78, 5) is 4.37. The summed E-state index contributed by atoms with van der Waals surface area (Å²) in [5, 5.41) is 5.16. The summed E-state index contributed by atoms with van der Waals surface area (Å²) in [7, 11) is 0. The molecule has 0 radical (unpaired) electrons. The van der Waals surface area contributed by atoms with Crippen molar-refractivity contribution in [2.24, 2.45) is 0 Å². The number of halogens is 3. The molecule has 1 fully saturated rings. The van der Waals surface area contributed by atoms with Gasteiger partial charge in [0.15, 0.2) is 5.82 Å². The Morgan fingerprint density at radius 1 is 1.21 bits per heavy atom. The molecule has 1 aromatic heterocycles. The van der Waals surface area contributed by atoms with Crippen LogP contribution in [0.5, 0.6) is 0 Å². The first-order chi connectivity index (χ1) is 9.15. The molecule has 100 valence electrons. The summed E-state index contributed by atoms with van der Waals surface area (Å²) in [5.41, 5.74) is 0.872. The van der Waals surface area contributed by atoms with E-state index in [0.717, 1.165) is 24.8 Å². The highest BCUT2D eigenvalue weighted by atomic mass is 35.5. The van der Waals surface area contributed by atoms with Crippen LogP contribution in [0.4, 0.5) is 0 Å². The van der Waals surface area contributed by atoms with Gasteiger partial charge in [0, 0.05) is 0 Å². The van der Waals surface area contributed by atoms with Gasteiger partial charge < -0.3 is 4.52 Å². The lowest BCUT2D eigenvalue weighted by Crippen LogP contribution is -2.36. The highest BCUT2D eigenvalue weighted by Crippen LogP contribution is 2.48. The van der Waals surface area contributed by atoms with Crippen LogP contribution in [0.2, 0.25) is 10.0 Å². The Labute approximate surface area is 125 Å². The first-order valence-electron chi connectivity index (χ1n) is 6.00. The van der Waals surface area contributed by atoms with Gasteiger partial charge in [-0.05, 0) is 30.5 Å². The highest BCUT2D eigenvalue weighted by Gasteiger charge is 2.44. The van der Waals surface area contributed by atoms with E-state index in [1.807, 2.05) is 18.2 Å². The molecule has 19 heavy (non-hydrogen) atoms. The van der Waals surface area contributed by atoms with Crippen molar-refractivity contribution in [2.45, 2.75) is 30.6 Å². The largest absolute Gasteiger partial charge is 0.338 e. The average molecular weight is 318 g/mol. The van der Waals surface area contributed by atoms with Crippen molar-refractivity contribution in [3.8, 4) is 0 Å². The number of rotatable bonds is 3. The first-order valence-corrected chi connectivity index (χ1v) is 7.29. The molecule has 0 amide bonds. The zero-order chi connectivity index (χ0) is 13.5. The van der Waals surface area contributed by atoms with Crippen molar-refractivity contribution in [2.75, 3.05) is 0 Å². The molecule has 0 saturated heterocycles. The van der Waals surface area contributed by atoms with Crippen molar-refractivity contribution < 1.29 is 4.52 Å². The van der Waals surface area contributed by atoms with Gasteiger partial charge in [-0.25, -0.2) is 0 Å². The molecule has 1 aliphatic rings. The van der Waals surface area contributed by atoms with Gasteiger partial charge in [-0.2, -0.15) is 4.98 Å². The minimum Gasteiger partial charge on any atom is -0.338 e. The van der Waals surface area contributed by atoms with Gasteiger partial charge in [-0.3, -0.25) is 0 Å². The minimum atomic E-state index is -0.206. The van der Waals surface area contributed by atoms with Gasteiger partial charge in [0.25, 0.3) is 0 Å². The Morgan fingerprint density at radius 2 is 2.00 bits per heavy atom. The fourth-order valence-corrected chi connectivity index (χ4v) is 2.88. The van der Waals surface area contributed by atoms with Crippen molar-refractivity contribution in [1.82, 2.24) is 10.1 Å². The Morgan fingerprint density at radius 3 is 2.53 bits per heavy atom. The quantitative estimate of drug-likeness (QED) is 0.777. The third kappa shape index (κ3) is 2.14. The minimum absolute atomic E-state index is 0.206. The van der Waals surface area contributed by atoms with Crippen LogP contribution in [0.3, 0.4) is 0 Å². The molecule has 0 aliphatic heterocycles. The van der Waals surface area contributed by atoms with E-state index >= 15 is 0 Å². The standard InChI is InChI=1S/C13H11Cl3N2O/c14-7-11-17-12(18-19-11)13(4-1-5-13)8-2-3-9(15)10(16)6-8/h2-3,6H,1,4-5,7H2. The van der Waals surface area contributed by atoms with Gasteiger partial charge >= 0.3 is 0 Å². The van der Waals surface area contributed by atoms with E-state index in [4.69, 9.17) is 39.3 Å². The third-order valence-electron chi connectivity index (χ3n) is 3.69. The molecule has 1 heterocycles. The average Bonchev–Trinajstić information content (AvgIpc) is 2.81. The second kappa shape index (κ2) is 4.97. The van der Waals surface area contributed by atoms with Crippen LogP contribution in [-0.2, 0) is 11.3 Å². The zero-order valence-corrected chi connectivity index (χ0v) is 12.3. The molecule has 0 atom stereocenters. The Bertz CT molecular complexity index is 608. The Balaban J connectivity index is 2.05. The molecular formula is C13H11Cl3N2O. The van der Waals surface area contributed by atoms with E-state index in [1.165, 1.54) is 0 Å². The van der Waals surface area contributed by atoms with Crippen molar-refractivity contribution in [3.63, 3.8) is 0 Å². The SMILES string of the molecule is ClCc1nc(C2(c3ccc(Cl)c(Cl)c3)CCC2)no1. The van der Waals surface area contributed by atoms with Gasteiger partial charge in [-0.15, -0.1) is 11.6 Å². The summed E-state index contributed by atoms with van der Waals surface area (Å²) in [6, 6.07) is 5.67. The van der Waals surface area contributed by atoms with Crippen LogP contribution in [0.15, 0.2) is 22.7 Å². The number of benzene rings is 1. The van der Waals surface area contributed by atoms with Crippen LogP contribution >= 0.6 is 34.8 Å². The molecular weight excluding hydrogens is 307 g/mol. The summed E-state index contributed by atoms with van der Waals surface area (Å²) < 4.78 is 5.12. The topological polar surface area (TPSA) is 38.9 Å². The van der Waals surface area contributed by atoms with Crippen LogP contribution in [0.1, 0.15) is 36.5 Å². The smallest absolute Gasteiger partial charge is 0.241 e. The maximum absolute atomic E-state index is 6.10. The van der Waals surface area contributed by atoms with Crippen molar-refractivity contribution >= 4 is 34.8 Å². The molecule has 0 unspecified atom stereocenters. The van der Waals surface area contributed by atoms with E-state index in [0.29, 0.717) is 21.8 Å². The van der Waals surface area contributed by atoms with Crippen molar-refractivity contribution in [3.05, 3.63) is 45.5 Å². The maximum atomic E-state index is 6.10. The van der Waals surface area contributed by atoms with Crippen LogP contribution in [0, 0.1) is 0 Å². The second-order valence-electron chi connectivity index (χ2n) is 4.71. The lowest BCUT2D eigenvalue weighted by Gasteiger charge is -2.39. The number of hydrogen-bond acceptors (Lipinski definition) is 3. The fourth-order valence-electron chi connectivity index (χ4n) is 2.47. The monoisotopic (exact) mass is 316 g/mol. The molecule has 3 nitrogen and oxygen atoms in total. The fraction of sp³-hybridized carbons (Fsp3) is 0.385. The van der Waals surface area contributed by atoms with E-state index in [-0.39, 0.29) is 11.3 Å². The Hall–Kier alpha value is -0.770. The van der Waals surface area contributed by atoms with Gasteiger partial charge in [0.1, 0.15) is 5.88 Å². The van der Waals surface area contributed by atoms with E-state index in [9.17, 15) is 0 Å². The summed E-state index contributed by atoms with van der Waals surface area (Å²) in [6.45, 7) is 0. The molecule has 2 aromatic rings. The predicted octanol–water partition coefficient (Wildman–Crippen LogP) is 4.59. The number of hydrogen-bond donors (Lipinski definition) is 0. The summed E-state index contributed by atoms with van der Waals surface area (Å²) >= 11 is 17.8. The molecule has 1 saturated carbocycles. The van der Waals surface area contributed by atoms with Crippen LogP contribution in [0.25, 0.3) is 0 Å². The molecule has 6 heteroatoms. The number of alkyl halides is 1. The Kier molecular flexibility index (Phi) is 3.46. The normalized spacial score (nSPS) is 17.2. The first kappa shape index (κ1) is 13.2. The molecule has 1 aromatic carbocycles. The second-order valence-corrected chi connectivity index (χ2v) is 5.79. The summed E-state index contributed by atoms with van der Waals surface area (Å²) in [6.07, 6.45) is 3.09.